The van der Waals surface area contributed by atoms with Crippen molar-refractivity contribution in [3.05, 3.63) is 0 Å². The van der Waals surface area contributed by atoms with E-state index in [-0.39, 0.29) is 18.2 Å². The average molecular weight is 325 g/mol. The molecule has 0 radical (unpaired) electrons. The van der Waals surface area contributed by atoms with Crippen LogP contribution in [-0.2, 0) is 0 Å². The maximum Gasteiger partial charge on any atom is 0.0856 e. The Morgan fingerprint density at radius 3 is 1.91 bits per heavy atom. The summed E-state index contributed by atoms with van der Waals surface area (Å²) in [6.45, 7) is 0.771. The molecule has 3 nitrogen and oxygen atoms in total. The van der Waals surface area contributed by atoms with E-state index in [1.165, 1.54) is 89.9 Å². The first-order chi connectivity index (χ1) is 11.3. The molecule has 23 heavy (non-hydrogen) atoms. The van der Waals surface area contributed by atoms with Gasteiger partial charge in [-0.1, -0.05) is 89.9 Å². The predicted octanol–water partition coefficient (Wildman–Crippen LogP) is 4.13. The van der Waals surface area contributed by atoms with Gasteiger partial charge in [0.25, 0.3) is 0 Å². The van der Waals surface area contributed by atoms with Crippen molar-refractivity contribution in [1.82, 2.24) is 5.32 Å². The molecule has 1 saturated carbocycles. The Bertz CT molecular complexity index is 291. The minimum Gasteiger partial charge on any atom is -0.390 e. The van der Waals surface area contributed by atoms with Gasteiger partial charge in [-0.05, 0) is 12.3 Å². The standard InChI is InChI=1S/C20H40N2O/c21-18-16-22-19(20(18)23)15-11-6-4-2-1-3-5-8-12-17-13-9-7-10-14-17/h17-20,22-23H,1-16,21H2/t18-,19+,20-/m0/s1. The lowest BCUT2D eigenvalue weighted by atomic mass is 9.85. The van der Waals surface area contributed by atoms with Gasteiger partial charge in [0, 0.05) is 18.6 Å². The lowest BCUT2D eigenvalue weighted by Crippen LogP contribution is -2.37. The van der Waals surface area contributed by atoms with Gasteiger partial charge >= 0.3 is 0 Å². The van der Waals surface area contributed by atoms with Crippen LogP contribution in [-0.4, -0.2) is 29.8 Å². The maximum atomic E-state index is 9.89. The largest absolute Gasteiger partial charge is 0.390 e. The minimum absolute atomic E-state index is 0.0615. The number of rotatable bonds is 11. The highest BCUT2D eigenvalue weighted by Crippen LogP contribution is 2.28. The molecular weight excluding hydrogens is 284 g/mol. The Morgan fingerprint density at radius 2 is 1.35 bits per heavy atom. The molecule has 0 amide bonds. The highest BCUT2D eigenvalue weighted by Gasteiger charge is 2.30. The van der Waals surface area contributed by atoms with E-state index in [0.29, 0.717) is 0 Å². The van der Waals surface area contributed by atoms with Gasteiger partial charge in [-0.2, -0.15) is 0 Å². The molecular formula is C20H40N2O. The summed E-state index contributed by atoms with van der Waals surface area (Å²) in [4.78, 5) is 0. The monoisotopic (exact) mass is 324 g/mol. The van der Waals surface area contributed by atoms with Crippen LogP contribution in [0.25, 0.3) is 0 Å². The zero-order chi connectivity index (χ0) is 16.3. The summed E-state index contributed by atoms with van der Waals surface area (Å²) in [7, 11) is 0. The number of hydrogen-bond donors (Lipinski definition) is 3. The van der Waals surface area contributed by atoms with E-state index in [1.807, 2.05) is 0 Å². The van der Waals surface area contributed by atoms with E-state index < -0.39 is 0 Å². The molecule has 4 N–H and O–H groups in total. The van der Waals surface area contributed by atoms with Crippen LogP contribution < -0.4 is 11.1 Å². The van der Waals surface area contributed by atoms with Crippen molar-refractivity contribution < 1.29 is 5.11 Å². The summed E-state index contributed by atoms with van der Waals surface area (Å²) in [5.41, 5.74) is 5.81. The van der Waals surface area contributed by atoms with Crippen LogP contribution >= 0.6 is 0 Å². The molecule has 3 atom stereocenters. The lowest BCUT2D eigenvalue weighted by molar-refractivity contribution is 0.139. The van der Waals surface area contributed by atoms with Crippen molar-refractivity contribution >= 4 is 0 Å². The summed E-state index contributed by atoms with van der Waals surface area (Å²) >= 11 is 0. The summed E-state index contributed by atoms with van der Waals surface area (Å²) < 4.78 is 0. The number of aliphatic hydroxyl groups is 1. The second-order valence-electron chi connectivity index (χ2n) is 8.08. The van der Waals surface area contributed by atoms with Crippen LogP contribution in [0.15, 0.2) is 0 Å². The number of unbranched alkanes of at least 4 members (excludes halogenated alkanes) is 7. The van der Waals surface area contributed by atoms with Crippen LogP contribution in [0.4, 0.5) is 0 Å². The predicted molar refractivity (Wildman–Crippen MR) is 98.5 cm³/mol. The van der Waals surface area contributed by atoms with Crippen molar-refractivity contribution in [3.63, 3.8) is 0 Å². The molecule has 0 aromatic heterocycles. The van der Waals surface area contributed by atoms with Crippen LogP contribution in [0.1, 0.15) is 96.3 Å². The third-order valence-corrected chi connectivity index (χ3v) is 6.07. The molecule has 136 valence electrons. The zero-order valence-electron chi connectivity index (χ0n) is 15.1. The number of aliphatic hydroxyl groups excluding tert-OH is 1. The fourth-order valence-electron chi connectivity index (χ4n) is 4.43. The number of hydrogen-bond acceptors (Lipinski definition) is 3. The molecule has 0 unspecified atom stereocenters. The maximum absolute atomic E-state index is 9.89. The van der Waals surface area contributed by atoms with Crippen LogP contribution in [0.5, 0.6) is 0 Å². The van der Waals surface area contributed by atoms with Gasteiger partial charge in [-0.15, -0.1) is 0 Å². The molecule has 2 fully saturated rings. The van der Waals surface area contributed by atoms with Crippen LogP contribution in [0, 0.1) is 5.92 Å². The minimum atomic E-state index is -0.334. The zero-order valence-corrected chi connectivity index (χ0v) is 15.1. The Kier molecular flexibility index (Phi) is 9.55. The Morgan fingerprint density at radius 1 is 0.783 bits per heavy atom. The summed E-state index contributed by atoms with van der Waals surface area (Å²) in [6.07, 6.45) is 20.8. The van der Waals surface area contributed by atoms with E-state index in [1.54, 1.807) is 0 Å². The molecule has 1 saturated heterocycles. The van der Waals surface area contributed by atoms with Gasteiger partial charge in [-0.3, -0.25) is 0 Å². The van der Waals surface area contributed by atoms with Crippen molar-refractivity contribution in [2.24, 2.45) is 11.7 Å². The van der Waals surface area contributed by atoms with Crippen molar-refractivity contribution in [2.45, 2.75) is 114 Å². The molecule has 0 aromatic carbocycles. The molecule has 2 aliphatic rings. The SMILES string of the molecule is N[C@H]1CN[C@H](CCCCCCCCCCC2CCCCC2)[C@H]1O. The van der Waals surface area contributed by atoms with Gasteiger partial charge < -0.3 is 16.2 Å². The highest BCUT2D eigenvalue weighted by molar-refractivity contribution is 4.92. The van der Waals surface area contributed by atoms with Crippen molar-refractivity contribution in [2.75, 3.05) is 6.54 Å². The molecule has 1 heterocycles. The normalized spacial score (nSPS) is 29.2. The second-order valence-corrected chi connectivity index (χ2v) is 8.08. The van der Waals surface area contributed by atoms with Crippen LogP contribution in [0.3, 0.4) is 0 Å². The Labute approximate surface area is 143 Å². The van der Waals surface area contributed by atoms with Gasteiger partial charge in [0.15, 0.2) is 0 Å². The third kappa shape index (κ3) is 7.53. The van der Waals surface area contributed by atoms with E-state index in [0.717, 1.165) is 18.9 Å². The topological polar surface area (TPSA) is 58.3 Å². The van der Waals surface area contributed by atoms with Gasteiger partial charge in [0.2, 0.25) is 0 Å². The smallest absolute Gasteiger partial charge is 0.0856 e. The summed E-state index contributed by atoms with van der Waals surface area (Å²) in [6, 6.07) is 0.179. The fraction of sp³-hybridized carbons (Fsp3) is 1.00. The Balaban J connectivity index is 1.32. The van der Waals surface area contributed by atoms with Gasteiger partial charge in [0.1, 0.15) is 0 Å². The van der Waals surface area contributed by atoms with Gasteiger partial charge in [-0.25, -0.2) is 0 Å². The van der Waals surface area contributed by atoms with E-state index in [4.69, 9.17) is 5.73 Å². The molecule has 0 spiro atoms. The molecule has 2 rings (SSSR count). The van der Waals surface area contributed by atoms with Gasteiger partial charge in [0.05, 0.1) is 6.10 Å². The van der Waals surface area contributed by atoms with Crippen LogP contribution in [0.2, 0.25) is 0 Å². The molecule has 1 aliphatic heterocycles. The summed E-state index contributed by atoms with van der Waals surface area (Å²) in [5, 5.41) is 13.2. The first-order valence-corrected chi connectivity index (χ1v) is 10.4. The third-order valence-electron chi connectivity index (χ3n) is 6.07. The molecule has 0 aromatic rings. The molecule has 0 bridgehead atoms. The van der Waals surface area contributed by atoms with Crippen molar-refractivity contribution in [1.29, 1.82) is 0 Å². The lowest BCUT2D eigenvalue weighted by Gasteiger charge is -2.21. The number of nitrogens with one attached hydrogen (secondary N) is 1. The highest BCUT2D eigenvalue weighted by atomic mass is 16.3. The Hall–Kier alpha value is -0.120. The first kappa shape index (κ1) is 19.2. The quantitative estimate of drug-likeness (QED) is 0.501. The average Bonchev–Trinajstić information content (AvgIpc) is 2.89. The first-order valence-electron chi connectivity index (χ1n) is 10.4. The van der Waals surface area contributed by atoms with E-state index in [9.17, 15) is 5.11 Å². The van der Waals surface area contributed by atoms with Crippen molar-refractivity contribution in [3.8, 4) is 0 Å². The number of nitrogens with two attached hydrogens (primary N) is 1. The van der Waals surface area contributed by atoms with E-state index in [2.05, 4.69) is 5.32 Å². The fourth-order valence-corrected chi connectivity index (χ4v) is 4.43. The van der Waals surface area contributed by atoms with E-state index >= 15 is 0 Å². The molecule has 1 aliphatic carbocycles. The molecule has 3 heteroatoms. The summed E-state index contributed by atoms with van der Waals surface area (Å²) in [5.74, 6) is 1.07. The second kappa shape index (κ2) is 11.4.